The van der Waals surface area contributed by atoms with E-state index in [9.17, 15) is 9.59 Å². The molecular weight excluding hydrogens is 176 g/mol. The molecule has 1 aliphatic rings. The molecule has 0 radical (unpaired) electrons. The second-order valence-corrected chi connectivity index (χ2v) is 2.59. The molecule has 1 heterocycles. The van der Waals surface area contributed by atoms with Crippen LogP contribution in [0.5, 0.6) is 0 Å². The largest absolute Gasteiger partial charge is 0.480 e. The van der Waals surface area contributed by atoms with Gasteiger partial charge >= 0.3 is 11.9 Å². The highest BCUT2D eigenvalue weighted by atomic mass is 16.4. The Morgan fingerprint density at radius 1 is 1.46 bits per heavy atom. The Balaban J connectivity index is 0.000000252. The average molecular weight is 190 g/mol. The molecule has 0 aromatic carbocycles. The summed E-state index contributed by atoms with van der Waals surface area (Å²) in [5, 5.41) is 18.8. The molecule has 0 bridgehead atoms. The monoisotopic (exact) mass is 190 g/mol. The molecule has 5 N–H and O–H groups in total. The fraction of sp³-hybridized carbons (Fsp3) is 0.714. The maximum absolute atomic E-state index is 10.1. The summed E-state index contributed by atoms with van der Waals surface area (Å²) >= 11 is 0. The highest BCUT2D eigenvalue weighted by Crippen LogP contribution is 2.03. The van der Waals surface area contributed by atoms with Crippen LogP contribution in [-0.4, -0.2) is 41.3 Å². The second kappa shape index (κ2) is 6.38. The van der Waals surface area contributed by atoms with E-state index in [0.29, 0.717) is 0 Å². The zero-order chi connectivity index (χ0) is 10.3. The minimum Gasteiger partial charge on any atom is -0.480 e. The van der Waals surface area contributed by atoms with Gasteiger partial charge in [-0.3, -0.25) is 9.59 Å². The lowest BCUT2D eigenvalue weighted by Crippen LogP contribution is -2.29. The van der Waals surface area contributed by atoms with Gasteiger partial charge in [0.05, 0.1) is 6.54 Å². The number of hydrogen-bond donors (Lipinski definition) is 4. The van der Waals surface area contributed by atoms with Crippen molar-refractivity contribution in [2.24, 2.45) is 5.73 Å². The maximum atomic E-state index is 10.1. The van der Waals surface area contributed by atoms with E-state index in [4.69, 9.17) is 10.2 Å². The van der Waals surface area contributed by atoms with Crippen LogP contribution in [0.1, 0.15) is 12.8 Å². The van der Waals surface area contributed by atoms with Crippen molar-refractivity contribution in [1.29, 1.82) is 0 Å². The third-order valence-electron chi connectivity index (χ3n) is 1.53. The molecule has 6 nitrogen and oxygen atoms in total. The summed E-state index contributed by atoms with van der Waals surface area (Å²) in [6, 6.07) is -0.269. The smallest absolute Gasteiger partial charge is 0.320 e. The van der Waals surface area contributed by atoms with Gasteiger partial charge in [0.25, 0.3) is 0 Å². The molecule has 0 aromatic heterocycles. The van der Waals surface area contributed by atoms with Crippen molar-refractivity contribution in [3.05, 3.63) is 0 Å². The van der Waals surface area contributed by atoms with Crippen molar-refractivity contribution in [2.45, 2.75) is 18.9 Å². The summed E-state index contributed by atoms with van der Waals surface area (Å²) in [6.07, 6.45) is 1.78. The summed E-state index contributed by atoms with van der Waals surface area (Å²) < 4.78 is 0. The fourth-order valence-electron chi connectivity index (χ4n) is 0.895. The van der Waals surface area contributed by atoms with Gasteiger partial charge in [-0.15, -0.1) is 0 Å². The van der Waals surface area contributed by atoms with Crippen LogP contribution in [0.3, 0.4) is 0 Å². The normalized spacial score (nSPS) is 20.2. The Kier molecular flexibility index (Phi) is 5.82. The number of rotatable bonds is 2. The number of aliphatic carboxylic acids is 2. The zero-order valence-corrected chi connectivity index (χ0v) is 7.19. The van der Waals surface area contributed by atoms with E-state index in [1.54, 1.807) is 0 Å². The van der Waals surface area contributed by atoms with E-state index in [-0.39, 0.29) is 12.6 Å². The molecule has 13 heavy (non-hydrogen) atoms. The van der Waals surface area contributed by atoms with Crippen LogP contribution in [0.4, 0.5) is 0 Å². The third kappa shape index (κ3) is 6.06. The first-order chi connectivity index (χ1) is 6.07. The lowest BCUT2D eigenvalue weighted by Gasteiger charge is -1.99. The second-order valence-electron chi connectivity index (χ2n) is 2.59. The highest BCUT2D eigenvalue weighted by Gasteiger charge is 2.20. The molecule has 1 saturated heterocycles. The van der Waals surface area contributed by atoms with Crippen molar-refractivity contribution in [2.75, 3.05) is 13.1 Å². The average Bonchev–Trinajstić information content (AvgIpc) is 2.57. The van der Waals surface area contributed by atoms with Crippen molar-refractivity contribution in [3.8, 4) is 0 Å². The fourth-order valence-corrected chi connectivity index (χ4v) is 0.895. The highest BCUT2D eigenvalue weighted by molar-refractivity contribution is 5.73. The number of nitrogens with two attached hydrogens (primary N) is 1. The molecule has 0 saturated carbocycles. The summed E-state index contributed by atoms with van der Waals surface area (Å²) in [5.74, 6) is -1.69. The summed E-state index contributed by atoms with van der Waals surface area (Å²) in [6.45, 7) is 0.580. The summed E-state index contributed by atoms with van der Waals surface area (Å²) in [7, 11) is 0. The van der Waals surface area contributed by atoms with E-state index >= 15 is 0 Å². The first kappa shape index (κ1) is 11.9. The van der Waals surface area contributed by atoms with Gasteiger partial charge in [-0.05, 0) is 19.4 Å². The van der Waals surface area contributed by atoms with Crippen LogP contribution in [-0.2, 0) is 9.59 Å². The Morgan fingerprint density at radius 2 is 2.00 bits per heavy atom. The van der Waals surface area contributed by atoms with Gasteiger partial charge in [0.2, 0.25) is 0 Å². The van der Waals surface area contributed by atoms with Gasteiger partial charge < -0.3 is 21.3 Å². The van der Waals surface area contributed by atoms with E-state index < -0.39 is 11.9 Å². The van der Waals surface area contributed by atoms with Gasteiger partial charge in [0.15, 0.2) is 0 Å². The molecule has 1 aliphatic heterocycles. The van der Waals surface area contributed by atoms with E-state index in [1.165, 1.54) is 0 Å². The van der Waals surface area contributed by atoms with Crippen LogP contribution >= 0.6 is 0 Å². The minimum absolute atomic E-state index is 0.269. The molecule has 0 aliphatic carbocycles. The quantitative estimate of drug-likeness (QED) is 0.437. The summed E-state index contributed by atoms with van der Waals surface area (Å²) in [4.78, 5) is 19.4. The molecule has 0 aromatic rings. The molecular formula is C7H14N2O4. The summed E-state index contributed by atoms with van der Waals surface area (Å²) in [5.41, 5.74) is 4.57. The number of carbonyl (C=O) groups is 2. The van der Waals surface area contributed by atoms with Crippen LogP contribution in [0.15, 0.2) is 0 Å². The van der Waals surface area contributed by atoms with Crippen molar-refractivity contribution in [1.82, 2.24) is 5.32 Å². The van der Waals surface area contributed by atoms with Gasteiger partial charge in [-0.2, -0.15) is 0 Å². The molecule has 76 valence electrons. The van der Waals surface area contributed by atoms with Crippen LogP contribution in [0, 0.1) is 0 Å². The van der Waals surface area contributed by atoms with Gasteiger partial charge in [0.1, 0.15) is 6.04 Å². The Hall–Kier alpha value is -1.14. The SMILES string of the molecule is NCC(=O)O.O=C(O)C1CCCN1. The molecule has 1 fully saturated rings. The Morgan fingerprint density at radius 3 is 2.15 bits per heavy atom. The standard InChI is InChI=1S/C5H9NO2.C2H5NO2/c7-5(8)4-2-1-3-6-4;3-1-2(4)5/h4,6H,1-3H2,(H,7,8);1,3H2,(H,4,5). The van der Waals surface area contributed by atoms with Crippen LogP contribution in [0.25, 0.3) is 0 Å². The predicted molar refractivity (Wildman–Crippen MR) is 45.4 cm³/mol. The molecule has 1 unspecified atom stereocenters. The van der Waals surface area contributed by atoms with Gasteiger partial charge in [0, 0.05) is 0 Å². The maximum Gasteiger partial charge on any atom is 0.320 e. The Labute approximate surface area is 75.7 Å². The first-order valence-electron chi connectivity index (χ1n) is 3.96. The van der Waals surface area contributed by atoms with E-state index in [2.05, 4.69) is 11.1 Å². The van der Waals surface area contributed by atoms with E-state index in [1.807, 2.05) is 0 Å². The molecule has 1 rings (SSSR count). The van der Waals surface area contributed by atoms with Gasteiger partial charge in [-0.25, -0.2) is 0 Å². The lowest BCUT2D eigenvalue weighted by molar-refractivity contribution is -0.139. The van der Waals surface area contributed by atoms with Crippen molar-refractivity contribution < 1.29 is 19.8 Å². The minimum atomic E-state index is -0.968. The van der Waals surface area contributed by atoms with Gasteiger partial charge in [-0.1, -0.05) is 0 Å². The van der Waals surface area contributed by atoms with Crippen molar-refractivity contribution in [3.63, 3.8) is 0 Å². The molecule has 0 amide bonds. The number of nitrogens with one attached hydrogen (secondary N) is 1. The lowest BCUT2D eigenvalue weighted by atomic mass is 10.2. The molecule has 1 atom stereocenters. The first-order valence-corrected chi connectivity index (χ1v) is 3.96. The molecule has 0 spiro atoms. The van der Waals surface area contributed by atoms with Crippen molar-refractivity contribution >= 4 is 11.9 Å². The predicted octanol–water partition coefficient (Wildman–Crippen LogP) is -1.15. The molecule has 6 heteroatoms. The topological polar surface area (TPSA) is 113 Å². The number of carboxylic acids is 2. The number of carboxylic acid groups (broad SMARTS) is 2. The third-order valence-corrected chi connectivity index (χ3v) is 1.53. The van der Waals surface area contributed by atoms with Crippen LogP contribution < -0.4 is 11.1 Å². The zero-order valence-electron chi connectivity index (χ0n) is 7.19. The Bertz CT molecular complexity index is 177. The van der Waals surface area contributed by atoms with Crippen LogP contribution in [0.2, 0.25) is 0 Å². The van der Waals surface area contributed by atoms with E-state index in [0.717, 1.165) is 19.4 Å². The number of hydrogen-bond acceptors (Lipinski definition) is 4.